The van der Waals surface area contributed by atoms with Crippen LogP contribution in [0.2, 0.25) is 5.02 Å². The Morgan fingerprint density at radius 1 is 0.947 bits per heavy atom. The molecule has 0 heterocycles. The first-order valence-corrected chi connectivity index (χ1v) is 12.3. The van der Waals surface area contributed by atoms with Crippen molar-refractivity contribution in [1.29, 1.82) is 0 Å². The molecule has 0 radical (unpaired) electrons. The van der Waals surface area contributed by atoms with Crippen LogP contribution in [0, 0.1) is 0 Å². The Morgan fingerprint density at radius 2 is 1.68 bits per heavy atom. The predicted molar refractivity (Wildman–Crippen MR) is 147 cm³/mol. The lowest BCUT2D eigenvalue weighted by molar-refractivity contribution is -0.141. The maximum Gasteiger partial charge on any atom is 0.323 e. The predicted octanol–water partition coefficient (Wildman–Crippen LogP) is 2.38. The number of amides is 1. The van der Waals surface area contributed by atoms with Gasteiger partial charge in [-0.1, -0.05) is 78.3 Å². The molecule has 3 aromatic rings. The SMILES string of the molecule is NN=C(NN)NC(=O)[C@H](CCc1ccc(-c2cccc(Cl)c2)cc1)N[C@@H](COCc1ccccc1)C(=O)O. The van der Waals surface area contributed by atoms with Crippen LogP contribution in [0.5, 0.6) is 0 Å². The van der Waals surface area contributed by atoms with Gasteiger partial charge in [0.25, 0.3) is 0 Å². The van der Waals surface area contributed by atoms with Crippen molar-refractivity contribution >= 4 is 29.4 Å². The zero-order valence-electron chi connectivity index (χ0n) is 20.6. The number of aliphatic carboxylic acids is 1. The summed E-state index contributed by atoms with van der Waals surface area (Å²) in [6.45, 7) is 0.0958. The van der Waals surface area contributed by atoms with E-state index < -0.39 is 24.0 Å². The number of ether oxygens (including phenoxy) is 1. The fourth-order valence-corrected chi connectivity index (χ4v) is 3.94. The molecule has 3 rings (SSSR count). The van der Waals surface area contributed by atoms with Gasteiger partial charge in [-0.2, -0.15) is 0 Å². The van der Waals surface area contributed by atoms with Crippen molar-refractivity contribution in [1.82, 2.24) is 16.1 Å². The van der Waals surface area contributed by atoms with E-state index in [-0.39, 0.29) is 25.6 Å². The number of benzene rings is 3. The fraction of sp³-hybridized carbons (Fsp3) is 0.222. The van der Waals surface area contributed by atoms with Gasteiger partial charge >= 0.3 is 5.97 Å². The number of guanidine groups is 1. The first-order valence-electron chi connectivity index (χ1n) is 11.9. The highest BCUT2D eigenvalue weighted by molar-refractivity contribution is 6.30. The summed E-state index contributed by atoms with van der Waals surface area (Å²) < 4.78 is 5.61. The maximum atomic E-state index is 13.0. The molecule has 0 aliphatic carbocycles. The quantitative estimate of drug-likeness (QED) is 0.0885. The molecule has 38 heavy (non-hydrogen) atoms. The second-order valence-electron chi connectivity index (χ2n) is 8.47. The average molecular weight is 539 g/mol. The summed E-state index contributed by atoms with van der Waals surface area (Å²) >= 11 is 6.10. The highest BCUT2D eigenvalue weighted by atomic mass is 35.5. The molecular formula is C27H31ClN6O4. The van der Waals surface area contributed by atoms with Gasteiger partial charge in [0, 0.05) is 5.02 Å². The molecule has 0 bridgehead atoms. The number of hydrazone groups is 1. The molecule has 0 spiro atoms. The Balaban J connectivity index is 1.67. The van der Waals surface area contributed by atoms with Crippen LogP contribution < -0.4 is 27.7 Å². The molecule has 3 aromatic carbocycles. The molecule has 10 nitrogen and oxygen atoms in total. The summed E-state index contributed by atoms with van der Waals surface area (Å²) in [5.41, 5.74) is 6.05. The zero-order valence-corrected chi connectivity index (χ0v) is 21.4. The van der Waals surface area contributed by atoms with Crippen LogP contribution in [0.4, 0.5) is 0 Å². The van der Waals surface area contributed by atoms with Gasteiger partial charge in [-0.3, -0.25) is 25.6 Å². The normalized spacial score (nSPS) is 12.9. The van der Waals surface area contributed by atoms with Crippen molar-refractivity contribution in [2.24, 2.45) is 16.8 Å². The Hall–Kier alpha value is -3.96. The molecule has 2 atom stereocenters. The number of nitrogens with zero attached hydrogens (tertiary/aromatic N) is 1. The Kier molecular flexibility index (Phi) is 11.1. The van der Waals surface area contributed by atoms with Crippen molar-refractivity contribution in [3.05, 3.63) is 95.0 Å². The van der Waals surface area contributed by atoms with Crippen LogP contribution in [-0.4, -0.2) is 41.6 Å². The third-order valence-electron chi connectivity index (χ3n) is 5.75. The summed E-state index contributed by atoms with van der Waals surface area (Å²) in [5.74, 6) is 8.70. The minimum atomic E-state index is -1.15. The third-order valence-corrected chi connectivity index (χ3v) is 5.99. The van der Waals surface area contributed by atoms with E-state index in [2.05, 4.69) is 21.2 Å². The number of carboxylic acids is 1. The second-order valence-corrected chi connectivity index (χ2v) is 8.90. The maximum absolute atomic E-state index is 13.0. The monoisotopic (exact) mass is 538 g/mol. The minimum Gasteiger partial charge on any atom is -0.480 e. The van der Waals surface area contributed by atoms with Gasteiger partial charge in [0.1, 0.15) is 6.04 Å². The third kappa shape index (κ3) is 8.86. The van der Waals surface area contributed by atoms with Crippen LogP contribution in [-0.2, 0) is 27.4 Å². The molecule has 0 saturated carbocycles. The van der Waals surface area contributed by atoms with Gasteiger partial charge < -0.3 is 15.7 Å². The lowest BCUT2D eigenvalue weighted by Gasteiger charge is -2.23. The van der Waals surface area contributed by atoms with Gasteiger partial charge in [0.05, 0.1) is 19.3 Å². The van der Waals surface area contributed by atoms with E-state index in [9.17, 15) is 14.7 Å². The van der Waals surface area contributed by atoms with Crippen molar-refractivity contribution in [3.8, 4) is 11.1 Å². The first kappa shape index (κ1) is 28.6. The van der Waals surface area contributed by atoms with E-state index >= 15 is 0 Å². The van der Waals surface area contributed by atoms with Crippen LogP contribution >= 0.6 is 11.6 Å². The van der Waals surface area contributed by atoms with Crippen molar-refractivity contribution in [3.63, 3.8) is 0 Å². The number of nitrogens with two attached hydrogens (primary N) is 2. The van der Waals surface area contributed by atoms with Crippen molar-refractivity contribution < 1.29 is 19.4 Å². The number of hydrogen-bond donors (Lipinski definition) is 6. The Labute approximate surface area is 226 Å². The summed E-state index contributed by atoms with van der Waals surface area (Å²) in [4.78, 5) is 24.9. The zero-order chi connectivity index (χ0) is 27.3. The highest BCUT2D eigenvalue weighted by Crippen LogP contribution is 2.23. The fourth-order valence-electron chi connectivity index (χ4n) is 3.74. The molecular weight excluding hydrogens is 508 g/mol. The number of halogens is 1. The molecule has 0 saturated heterocycles. The molecule has 0 unspecified atom stereocenters. The number of carboxylic acid groups (broad SMARTS) is 1. The molecule has 0 aromatic heterocycles. The number of rotatable bonds is 12. The van der Waals surface area contributed by atoms with Gasteiger partial charge in [-0.25, -0.2) is 5.84 Å². The van der Waals surface area contributed by atoms with Crippen LogP contribution in [0.15, 0.2) is 84.0 Å². The molecule has 11 heteroatoms. The Bertz CT molecular complexity index is 1220. The lowest BCUT2D eigenvalue weighted by atomic mass is 10.00. The Morgan fingerprint density at radius 3 is 2.32 bits per heavy atom. The van der Waals surface area contributed by atoms with E-state index in [0.29, 0.717) is 11.4 Å². The minimum absolute atomic E-state index is 0.144. The largest absolute Gasteiger partial charge is 0.480 e. The number of hydrogen-bond acceptors (Lipinski definition) is 7. The number of hydrazine groups is 1. The molecule has 200 valence electrons. The van der Waals surface area contributed by atoms with E-state index in [1.165, 1.54) is 0 Å². The number of aryl methyl sites for hydroxylation is 1. The van der Waals surface area contributed by atoms with Gasteiger partial charge in [0.2, 0.25) is 11.9 Å². The summed E-state index contributed by atoms with van der Waals surface area (Å²) in [6, 6.07) is 22.7. The van der Waals surface area contributed by atoms with Gasteiger partial charge in [-0.15, -0.1) is 5.10 Å². The first-order chi connectivity index (χ1) is 18.4. The van der Waals surface area contributed by atoms with Crippen molar-refractivity contribution in [2.75, 3.05) is 6.61 Å². The standard InChI is InChI=1S/C27H31ClN6O4/c28-22-8-4-7-21(15-22)20-12-9-18(10-13-20)11-14-23(25(35)32-27(33-29)34-30)31-24(26(36)37)17-38-16-19-5-2-1-3-6-19/h1-10,12-13,15,23-24,31H,11,14,16-17,29-30H2,(H,36,37)(H2,32,33,34,35)/t23-,24-/m0/s1. The average Bonchev–Trinajstić information content (AvgIpc) is 2.93. The molecule has 0 fully saturated rings. The van der Waals surface area contributed by atoms with E-state index in [1.807, 2.05) is 78.9 Å². The van der Waals surface area contributed by atoms with Gasteiger partial charge in [0.15, 0.2) is 0 Å². The number of nitrogens with one attached hydrogen (secondary N) is 3. The van der Waals surface area contributed by atoms with Crippen LogP contribution in [0.25, 0.3) is 11.1 Å². The topological polar surface area (TPSA) is 164 Å². The molecule has 0 aliphatic rings. The van der Waals surface area contributed by atoms with E-state index in [4.69, 9.17) is 28.0 Å². The van der Waals surface area contributed by atoms with Crippen LogP contribution in [0.3, 0.4) is 0 Å². The molecule has 0 aliphatic heterocycles. The van der Waals surface area contributed by atoms with Crippen molar-refractivity contribution in [2.45, 2.75) is 31.5 Å². The summed E-state index contributed by atoms with van der Waals surface area (Å²) in [7, 11) is 0. The smallest absolute Gasteiger partial charge is 0.323 e. The number of carbonyl (C=O) groups is 2. The molecule has 1 amide bonds. The van der Waals surface area contributed by atoms with Gasteiger partial charge in [-0.05, 0) is 47.2 Å². The summed E-state index contributed by atoms with van der Waals surface area (Å²) in [6.07, 6.45) is 0.774. The molecule has 8 N–H and O–H groups in total. The summed E-state index contributed by atoms with van der Waals surface area (Å²) in [5, 5.41) is 19.1. The second kappa shape index (κ2) is 14.7. The van der Waals surface area contributed by atoms with Crippen LogP contribution in [0.1, 0.15) is 17.5 Å². The van der Waals surface area contributed by atoms with E-state index in [1.54, 1.807) is 0 Å². The lowest BCUT2D eigenvalue weighted by Crippen LogP contribution is -2.56. The highest BCUT2D eigenvalue weighted by Gasteiger charge is 2.27. The van der Waals surface area contributed by atoms with E-state index in [0.717, 1.165) is 22.3 Å². The number of carbonyl (C=O) groups excluding carboxylic acids is 1.